The third-order valence-electron chi connectivity index (χ3n) is 4.34. The van der Waals surface area contributed by atoms with E-state index in [2.05, 4.69) is 52.3 Å². The van der Waals surface area contributed by atoms with Crippen LogP contribution in [0.4, 0.5) is 0 Å². The molecule has 0 fully saturated rings. The van der Waals surface area contributed by atoms with Crippen LogP contribution in [0.3, 0.4) is 0 Å². The fourth-order valence-electron chi connectivity index (χ4n) is 2.86. The molecule has 5 heteroatoms. The number of rotatable bonds is 6. The van der Waals surface area contributed by atoms with Crippen molar-refractivity contribution in [1.82, 2.24) is 0 Å². The lowest BCUT2D eigenvalue weighted by Gasteiger charge is -2.01. The summed E-state index contributed by atoms with van der Waals surface area (Å²) in [6.45, 7) is 0.687. The Kier molecular flexibility index (Phi) is 6.20. The molecular weight excluding hydrogens is 454 g/mol. The van der Waals surface area contributed by atoms with Crippen molar-refractivity contribution in [3.05, 3.63) is 106 Å². The van der Waals surface area contributed by atoms with Gasteiger partial charge in [-0.25, -0.2) is 4.52 Å². The van der Waals surface area contributed by atoms with Crippen LogP contribution in [0.2, 0.25) is 5.02 Å². The zero-order valence-corrected chi connectivity index (χ0v) is 18.2. The maximum Gasteiger partial charge on any atom is 0.290 e. The SMILES string of the molecule is Clc1ccc(-c2cc(SCc3ccccc3Br)[n+](Cc3ccccc3)o2)cc1. The van der Waals surface area contributed by atoms with Gasteiger partial charge in [-0.05, 0) is 52.4 Å². The summed E-state index contributed by atoms with van der Waals surface area (Å²) in [6, 6.07) is 28.5. The molecule has 0 unspecified atom stereocenters. The predicted octanol–water partition coefficient (Wildman–Crippen LogP) is 6.99. The van der Waals surface area contributed by atoms with E-state index in [0.717, 1.165) is 31.6 Å². The van der Waals surface area contributed by atoms with Crippen LogP contribution in [0.25, 0.3) is 11.3 Å². The van der Waals surface area contributed by atoms with Gasteiger partial charge in [-0.1, -0.05) is 76.1 Å². The Bertz CT molecular complexity index is 1060. The highest BCUT2D eigenvalue weighted by Gasteiger charge is 2.22. The second kappa shape index (κ2) is 8.99. The van der Waals surface area contributed by atoms with Crippen molar-refractivity contribution >= 4 is 39.3 Å². The molecule has 2 nitrogen and oxygen atoms in total. The molecule has 0 amide bonds. The maximum absolute atomic E-state index is 6.20. The van der Waals surface area contributed by atoms with Gasteiger partial charge in [-0.2, -0.15) is 0 Å². The second-order valence-electron chi connectivity index (χ2n) is 6.35. The topological polar surface area (TPSA) is 17.0 Å². The minimum absolute atomic E-state index is 0.687. The van der Waals surface area contributed by atoms with E-state index in [0.29, 0.717) is 6.54 Å². The fraction of sp³-hybridized carbons (Fsp3) is 0.0870. The Labute approximate surface area is 182 Å². The molecule has 0 aliphatic carbocycles. The van der Waals surface area contributed by atoms with E-state index in [1.54, 1.807) is 11.8 Å². The van der Waals surface area contributed by atoms with Gasteiger partial charge in [0.2, 0.25) is 12.3 Å². The second-order valence-corrected chi connectivity index (χ2v) is 8.63. The molecular formula is C23H18BrClNOS+. The molecule has 0 saturated heterocycles. The van der Waals surface area contributed by atoms with Crippen molar-refractivity contribution in [2.75, 3.05) is 0 Å². The molecule has 0 aliphatic rings. The van der Waals surface area contributed by atoms with Gasteiger partial charge < -0.3 is 0 Å². The highest BCUT2D eigenvalue weighted by atomic mass is 79.9. The quantitative estimate of drug-likeness (QED) is 0.223. The minimum Gasteiger partial charge on any atom is -0.235 e. The zero-order valence-electron chi connectivity index (χ0n) is 15.0. The van der Waals surface area contributed by atoms with Crippen LogP contribution in [0, 0.1) is 0 Å². The first-order valence-electron chi connectivity index (χ1n) is 8.89. The van der Waals surface area contributed by atoms with Crippen LogP contribution in [0.15, 0.2) is 99.0 Å². The van der Waals surface area contributed by atoms with Crippen LogP contribution in [-0.2, 0) is 12.3 Å². The molecule has 0 spiro atoms. The Hall–Kier alpha value is -2.01. The van der Waals surface area contributed by atoms with Gasteiger partial charge in [0.1, 0.15) is 0 Å². The molecule has 0 saturated carbocycles. The summed E-state index contributed by atoms with van der Waals surface area (Å²) < 4.78 is 9.29. The summed E-state index contributed by atoms with van der Waals surface area (Å²) in [5, 5.41) is 1.81. The first-order valence-corrected chi connectivity index (χ1v) is 11.0. The number of nitrogens with zero attached hydrogens (tertiary/aromatic N) is 1. The van der Waals surface area contributed by atoms with Crippen LogP contribution in [-0.4, -0.2) is 0 Å². The molecule has 140 valence electrons. The minimum atomic E-state index is 0.687. The summed E-state index contributed by atoms with van der Waals surface area (Å²) in [6.07, 6.45) is 0. The van der Waals surface area contributed by atoms with E-state index in [1.165, 1.54) is 11.1 Å². The Morgan fingerprint density at radius 2 is 1.61 bits per heavy atom. The number of hydrogen-bond acceptors (Lipinski definition) is 2. The van der Waals surface area contributed by atoms with Gasteiger partial charge in [-0.15, -0.1) is 0 Å². The molecule has 0 N–H and O–H groups in total. The third-order valence-corrected chi connectivity index (χ3v) is 6.44. The van der Waals surface area contributed by atoms with E-state index in [4.69, 9.17) is 16.1 Å². The normalized spacial score (nSPS) is 10.9. The van der Waals surface area contributed by atoms with Crippen molar-refractivity contribution in [3.63, 3.8) is 0 Å². The van der Waals surface area contributed by atoms with Gasteiger partial charge in [0, 0.05) is 26.4 Å². The van der Waals surface area contributed by atoms with Crippen molar-refractivity contribution in [2.45, 2.75) is 17.3 Å². The predicted molar refractivity (Wildman–Crippen MR) is 119 cm³/mol. The van der Waals surface area contributed by atoms with Gasteiger partial charge >= 0.3 is 0 Å². The van der Waals surface area contributed by atoms with E-state index in [-0.39, 0.29) is 0 Å². The first kappa shape index (κ1) is 19.3. The number of benzene rings is 3. The molecule has 1 aromatic heterocycles. The number of halogens is 2. The van der Waals surface area contributed by atoms with E-state index in [1.807, 2.05) is 53.3 Å². The Morgan fingerprint density at radius 3 is 2.36 bits per heavy atom. The standard InChI is InChI=1S/C23H18BrClNOS/c24-21-9-5-4-8-19(21)16-28-23-14-22(18-10-12-20(25)13-11-18)27-26(23)15-17-6-2-1-3-7-17/h1-14H,15-16H2/q+1. The number of aromatic nitrogens is 1. The van der Waals surface area contributed by atoms with Crippen LogP contribution in [0.1, 0.15) is 11.1 Å². The average molecular weight is 472 g/mol. The summed E-state index contributed by atoms with van der Waals surface area (Å²) in [5.74, 6) is 1.69. The highest BCUT2D eigenvalue weighted by Crippen LogP contribution is 2.29. The molecule has 1 heterocycles. The van der Waals surface area contributed by atoms with Crippen LogP contribution < -0.4 is 4.74 Å². The number of hydrogen-bond donors (Lipinski definition) is 0. The maximum atomic E-state index is 6.20. The summed E-state index contributed by atoms with van der Waals surface area (Å²) in [4.78, 5) is 0. The van der Waals surface area contributed by atoms with Gasteiger partial charge in [0.05, 0.1) is 6.07 Å². The van der Waals surface area contributed by atoms with E-state index in [9.17, 15) is 0 Å². The fourth-order valence-corrected chi connectivity index (χ4v) is 4.59. The average Bonchev–Trinajstić information content (AvgIpc) is 3.11. The molecule has 3 aromatic carbocycles. The largest absolute Gasteiger partial charge is 0.290 e. The Balaban J connectivity index is 1.64. The molecule has 4 aromatic rings. The first-order chi connectivity index (χ1) is 13.7. The van der Waals surface area contributed by atoms with E-state index < -0.39 is 0 Å². The molecule has 28 heavy (non-hydrogen) atoms. The zero-order chi connectivity index (χ0) is 19.3. The van der Waals surface area contributed by atoms with Gasteiger partial charge in [-0.3, -0.25) is 0 Å². The van der Waals surface area contributed by atoms with Crippen molar-refractivity contribution < 1.29 is 9.26 Å². The lowest BCUT2D eigenvalue weighted by molar-refractivity contribution is -0.884. The molecule has 0 radical (unpaired) electrons. The lowest BCUT2D eigenvalue weighted by atomic mass is 10.2. The summed E-state index contributed by atoms with van der Waals surface area (Å²) >= 11 is 11.4. The smallest absolute Gasteiger partial charge is 0.235 e. The number of thioether (sulfide) groups is 1. The molecule has 0 bridgehead atoms. The van der Waals surface area contributed by atoms with Crippen molar-refractivity contribution in [3.8, 4) is 11.3 Å². The summed E-state index contributed by atoms with van der Waals surface area (Å²) in [7, 11) is 0. The van der Waals surface area contributed by atoms with Crippen LogP contribution >= 0.6 is 39.3 Å². The van der Waals surface area contributed by atoms with Gasteiger partial charge in [0.15, 0.2) is 0 Å². The monoisotopic (exact) mass is 470 g/mol. The molecule has 0 aliphatic heterocycles. The van der Waals surface area contributed by atoms with Crippen molar-refractivity contribution in [2.24, 2.45) is 0 Å². The Morgan fingerprint density at radius 1 is 0.893 bits per heavy atom. The highest BCUT2D eigenvalue weighted by molar-refractivity contribution is 9.10. The summed E-state index contributed by atoms with van der Waals surface area (Å²) in [5.41, 5.74) is 3.47. The molecule has 4 rings (SSSR count). The molecule has 0 atom stereocenters. The van der Waals surface area contributed by atoms with Crippen molar-refractivity contribution in [1.29, 1.82) is 0 Å². The lowest BCUT2D eigenvalue weighted by Crippen LogP contribution is -2.34. The van der Waals surface area contributed by atoms with E-state index >= 15 is 0 Å². The van der Waals surface area contributed by atoms with Crippen LogP contribution in [0.5, 0.6) is 0 Å². The van der Waals surface area contributed by atoms with Gasteiger partial charge in [0.25, 0.3) is 5.03 Å². The third kappa shape index (κ3) is 4.69.